The van der Waals surface area contributed by atoms with Crippen LogP contribution in [0.15, 0.2) is 36.9 Å². The molecule has 1 saturated heterocycles. The second kappa shape index (κ2) is 8.06. The zero-order valence-corrected chi connectivity index (χ0v) is 17.6. The molecular formula is C24H23ClN2O3. The molecule has 1 N–H and O–H groups in total. The Morgan fingerprint density at radius 2 is 2.20 bits per heavy atom. The zero-order chi connectivity index (χ0) is 21.4. The average molecular weight is 423 g/mol. The van der Waals surface area contributed by atoms with Crippen molar-refractivity contribution in [3.8, 4) is 35.0 Å². The highest BCUT2D eigenvalue weighted by atomic mass is 35.5. The number of rotatable bonds is 2. The van der Waals surface area contributed by atoms with Crippen LogP contribution in [0.3, 0.4) is 0 Å². The number of aromatic hydroxyl groups is 1. The minimum atomic E-state index is -0.0684. The number of nitrogens with zero attached hydrogens (tertiary/aromatic N) is 2. The van der Waals surface area contributed by atoms with Crippen LogP contribution in [-0.2, 0) is 11.3 Å². The molecule has 4 rings (SSSR count). The topological polar surface area (TPSA) is 53.0 Å². The Kier molecular flexibility index (Phi) is 5.46. The van der Waals surface area contributed by atoms with Crippen LogP contribution in [-0.4, -0.2) is 53.1 Å². The average Bonchev–Trinajstić information content (AvgIpc) is 2.91. The highest BCUT2D eigenvalue weighted by molar-refractivity contribution is 6.34. The molecule has 6 heteroatoms. The lowest BCUT2D eigenvalue weighted by Gasteiger charge is -2.39. The Morgan fingerprint density at radius 3 is 2.90 bits per heavy atom. The van der Waals surface area contributed by atoms with E-state index in [4.69, 9.17) is 22.8 Å². The van der Waals surface area contributed by atoms with E-state index >= 15 is 0 Å². The molecule has 30 heavy (non-hydrogen) atoms. The van der Waals surface area contributed by atoms with E-state index in [9.17, 15) is 9.90 Å². The van der Waals surface area contributed by atoms with Gasteiger partial charge in [-0.25, -0.2) is 0 Å². The minimum absolute atomic E-state index is 0.0507. The molecule has 5 nitrogen and oxygen atoms in total. The molecule has 2 heterocycles. The van der Waals surface area contributed by atoms with Crippen LogP contribution in [0.2, 0.25) is 5.02 Å². The van der Waals surface area contributed by atoms with Crippen LogP contribution in [0.5, 0.6) is 11.5 Å². The number of phenolic OH excluding ortho intramolecular Hbond substituents is 1. The van der Waals surface area contributed by atoms with E-state index in [1.54, 1.807) is 17.0 Å². The first-order valence-electron chi connectivity index (χ1n) is 9.83. The standard InChI is InChI=1S/C24H23ClN2O3/c1-4-18-23(22-15(3)7-6-8-20(22)28)19(25)11-16-12-26-9-10-27(21(29)5-2)13-17(26)14-30-24(16)18/h1,5-8,11,17,28H,2,9-10,12-14H2,3H3/t17-/m1/s1. The van der Waals surface area contributed by atoms with Gasteiger partial charge in [0.25, 0.3) is 0 Å². The van der Waals surface area contributed by atoms with E-state index in [1.165, 1.54) is 6.08 Å². The van der Waals surface area contributed by atoms with E-state index in [0.29, 0.717) is 53.7 Å². The van der Waals surface area contributed by atoms with Gasteiger partial charge >= 0.3 is 0 Å². The van der Waals surface area contributed by atoms with Gasteiger partial charge in [0, 0.05) is 42.9 Å². The number of aryl methyl sites for hydroxylation is 1. The normalized spacial score (nSPS) is 18.4. The van der Waals surface area contributed by atoms with Crippen molar-refractivity contribution in [2.75, 3.05) is 26.2 Å². The van der Waals surface area contributed by atoms with Gasteiger partial charge in [-0.1, -0.05) is 36.2 Å². The third kappa shape index (κ3) is 3.43. The van der Waals surface area contributed by atoms with Crippen molar-refractivity contribution in [3.63, 3.8) is 0 Å². The number of benzene rings is 2. The summed E-state index contributed by atoms with van der Waals surface area (Å²) in [5.41, 5.74) is 3.55. The van der Waals surface area contributed by atoms with Gasteiger partial charge in [0.05, 0.1) is 16.6 Å². The van der Waals surface area contributed by atoms with Crippen molar-refractivity contribution in [2.45, 2.75) is 19.5 Å². The van der Waals surface area contributed by atoms with Crippen LogP contribution < -0.4 is 4.74 Å². The first-order valence-corrected chi connectivity index (χ1v) is 10.2. The van der Waals surface area contributed by atoms with Crippen molar-refractivity contribution in [1.29, 1.82) is 0 Å². The molecule has 1 amide bonds. The first-order chi connectivity index (χ1) is 14.4. The first kappa shape index (κ1) is 20.3. The molecule has 0 aliphatic carbocycles. The molecular weight excluding hydrogens is 400 g/mol. The Labute approximate surface area is 181 Å². The third-order valence-corrected chi connectivity index (χ3v) is 6.14. The maximum Gasteiger partial charge on any atom is 0.246 e. The van der Waals surface area contributed by atoms with Gasteiger partial charge in [0.2, 0.25) is 5.91 Å². The van der Waals surface area contributed by atoms with Gasteiger partial charge in [-0.15, -0.1) is 6.42 Å². The Hall–Kier alpha value is -2.94. The van der Waals surface area contributed by atoms with E-state index in [2.05, 4.69) is 17.4 Å². The number of halogens is 1. The van der Waals surface area contributed by atoms with Crippen molar-refractivity contribution in [1.82, 2.24) is 9.80 Å². The number of piperazine rings is 1. The molecule has 2 aromatic carbocycles. The van der Waals surface area contributed by atoms with Crippen LogP contribution >= 0.6 is 11.6 Å². The molecule has 0 unspecified atom stereocenters. The summed E-state index contributed by atoms with van der Waals surface area (Å²) in [6.07, 6.45) is 7.26. The van der Waals surface area contributed by atoms with Crippen LogP contribution in [0, 0.1) is 19.3 Å². The van der Waals surface area contributed by atoms with Gasteiger partial charge in [0.1, 0.15) is 18.1 Å². The third-order valence-electron chi connectivity index (χ3n) is 5.84. The Balaban J connectivity index is 1.76. The number of hydrogen-bond acceptors (Lipinski definition) is 4. The van der Waals surface area contributed by atoms with Gasteiger partial charge < -0.3 is 14.7 Å². The molecule has 0 spiro atoms. The number of fused-ring (bicyclic) bond motifs is 2. The highest BCUT2D eigenvalue weighted by Gasteiger charge is 2.33. The van der Waals surface area contributed by atoms with E-state index < -0.39 is 0 Å². The number of hydrogen-bond donors (Lipinski definition) is 1. The summed E-state index contributed by atoms with van der Waals surface area (Å²) in [5, 5.41) is 11.0. The number of amides is 1. The predicted octanol–water partition coefficient (Wildman–Crippen LogP) is 3.59. The second-order valence-electron chi connectivity index (χ2n) is 7.63. The van der Waals surface area contributed by atoms with Gasteiger partial charge in [-0.2, -0.15) is 0 Å². The summed E-state index contributed by atoms with van der Waals surface area (Å²) in [6.45, 7) is 8.47. The molecule has 0 radical (unpaired) electrons. The Morgan fingerprint density at radius 1 is 1.40 bits per heavy atom. The fourth-order valence-corrected chi connectivity index (χ4v) is 4.63. The molecule has 154 valence electrons. The summed E-state index contributed by atoms with van der Waals surface area (Å²) < 4.78 is 6.21. The fraction of sp³-hybridized carbons (Fsp3) is 0.292. The largest absolute Gasteiger partial charge is 0.507 e. The van der Waals surface area contributed by atoms with Crippen molar-refractivity contribution >= 4 is 17.5 Å². The summed E-state index contributed by atoms with van der Waals surface area (Å²) in [7, 11) is 0. The monoisotopic (exact) mass is 422 g/mol. The van der Waals surface area contributed by atoms with Crippen LogP contribution in [0.25, 0.3) is 11.1 Å². The molecule has 0 bridgehead atoms. The molecule has 2 aromatic rings. The number of terminal acetylenes is 1. The molecule has 2 aliphatic rings. The summed E-state index contributed by atoms with van der Waals surface area (Å²) in [5.74, 6) is 3.42. The molecule has 0 saturated carbocycles. The van der Waals surface area contributed by atoms with Crippen molar-refractivity contribution in [3.05, 3.63) is 58.6 Å². The zero-order valence-electron chi connectivity index (χ0n) is 16.8. The molecule has 1 atom stereocenters. The molecule has 2 aliphatic heterocycles. The summed E-state index contributed by atoms with van der Waals surface area (Å²) >= 11 is 6.69. The lowest BCUT2D eigenvalue weighted by atomic mass is 9.92. The smallest absolute Gasteiger partial charge is 0.246 e. The number of phenols is 1. The number of carbonyl (C=O) groups excluding carboxylic acids is 1. The number of ether oxygens (including phenoxy) is 1. The predicted molar refractivity (Wildman–Crippen MR) is 118 cm³/mol. The molecule has 0 aromatic heterocycles. The second-order valence-corrected chi connectivity index (χ2v) is 8.04. The van der Waals surface area contributed by atoms with Crippen molar-refractivity contribution < 1.29 is 14.6 Å². The van der Waals surface area contributed by atoms with E-state index in [-0.39, 0.29) is 17.7 Å². The van der Waals surface area contributed by atoms with Gasteiger partial charge in [-0.05, 0) is 30.7 Å². The summed E-state index contributed by atoms with van der Waals surface area (Å²) in [4.78, 5) is 16.1. The van der Waals surface area contributed by atoms with Gasteiger partial charge in [0.15, 0.2) is 0 Å². The number of carbonyl (C=O) groups is 1. The quantitative estimate of drug-likeness (QED) is 0.593. The fourth-order valence-electron chi connectivity index (χ4n) is 4.31. The SMILES string of the molecule is C#Cc1c2c(cc(Cl)c1-c1c(C)cccc1O)CN1CCN(C(=O)C=C)C[C@@H]1CO2. The lowest BCUT2D eigenvalue weighted by molar-refractivity contribution is -0.129. The maximum absolute atomic E-state index is 12.0. The van der Waals surface area contributed by atoms with Crippen LogP contribution in [0.1, 0.15) is 16.7 Å². The van der Waals surface area contributed by atoms with E-state index in [0.717, 1.165) is 17.7 Å². The minimum Gasteiger partial charge on any atom is -0.507 e. The maximum atomic E-state index is 12.0. The van der Waals surface area contributed by atoms with E-state index in [1.807, 2.05) is 19.1 Å². The summed E-state index contributed by atoms with van der Waals surface area (Å²) in [6, 6.07) is 7.24. The van der Waals surface area contributed by atoms with Crippen molar-refractivity contribution in [2.24, 2.45) is 0 Å². The molecule has 1 fully saturated rings. The Bertz CT molecular complexity index is 1050. The highest BCUT2D eigenvalue weighted by Crippen LogP contribution is 2.45. The van der Waals surface area contributed by atoms with Crippen LogP contribution in [0.4, 0.5) is 0 Å². The lowest BCUT2D eigenvalue weighted by Crippen LogP contribution is -2.55. The van der Waals surface area contributed by atoms with Gasteiger partial charge in [-0.3, -0.25) is 9.69 Å².